The normalized spacial score (nSPS) is 18.0. The van der Waals surface area contributed by atoms with Crippen LogP contribution in [0.3, 0.4) is 0 Å². The second kappa shape index (κ2) is 6.20. The highest BCUT2D eigenvalue weighted by atomic mass is 16.1. The van der Waals surface area contributed by atoms with Gasteiger partial charge in [0.2, 0.25) is 0 Å². The van der Waals surface area contributed by atoms with Gasteiger partial charge in [0.05, 0.1) is 0 Å². The molecular formula is C16H24N2O. The average molecular weight is 260 g/mol. The Kier molecular flexibility index (Phi) is 4.59. The molecule has 3 N–H and O–H groups in total. The van der Waals surface area contributed by atoms with Gasteiger partial charge in [-0.2, -0.15) is 0 Å². The van der Waals surface area contributed by atoms with E-state index in [0.717, 1.165) is 24.8 Å². The second-order valence-corrected chi connectivity index (χ2v) is 5.81. The Balaban J connectivity index is 1.99. The van der Waals surface area contributed by atoms with Crippen molar-refractivity contribution in [2.75, 3.05) is 6.54 Å². The number of nitrogens with one attached hydrogen (secondary N) is 1. The first-order chi connectivity index (χ1) is 9.13. The van der Waals surface area contributed by atoms with Crippen LogP contribution in [0.25, 0.3) is 0 Å². The largest absolute Gasteiger partial charge is 0.347 e. The second-order valence-electron chi connectivity index (χ2n) is 5.81. The first-order valence-electron chi connectivity index (χ1n) is 7.24. The van der Waals surface area contributed by atoms with E-state index in [4.69, 9.17) is 5.73 Å². The Morgan fingerprint density at radius 3 is 2.42 bits per heavy atom. The molecule has 0 aromatic heterocycles. The molecule has 1 aromatic rings. The third-order valence-electron chi connectivity index (χ3n) is 4.02. The molecule has 0 spiro atoms. The van der Waals surface area contributed by atoms with Gasteiger partial charge in [-0.25, -0.2) is 0 Å². The molecule has 0 bridgehead atoms. The van der Waals surface area contributed by atoms with Gasteiger partial charge in [-0.3, -0.25) is 4.79 Å². The molecule has 0 unspecified atom stereocenters. The third-order valence-corrected chi connectivity index (χ3v) is 4.02. The van der Waals surface area contributed by atoms with Crippen molar-refractivity contribution in [2.45, 2.75) is 51.0 Å². The minimum Gasteiger partial charge on any atom is -0.347 e. The van der Waals surface area contributed by atoms with Gasteiger partial charge in [-0.15, -0.1) is 0 Å². The third kappa shape index (κ3) is 3.80. The van der Waals surface area contributed by atoms with Crippen LogP contribution in [0.4, 0.5) is 0 Å². The van der Waals surface area contributed by atoms with Gasteiger partial charge in [0.25, 0.3) is 5.91 Å². The fraction of sp³-hybridized carbons (Fsp3) is 0.562. The number of hydrogen-bond acceptors (Lipinski definition) is 2. The van der Waals surface area contributed by atoms with Crippen LogP contribution in [-0.4, -0.2) is 18.0 Å². The fourth-order valence-corrected chi connectivity index (χ4v) is 2.79. The smallest absolute Gasteiger partial charge is 0.251 e. The Morgan fingerprint density at radius 2 is 1.84 bits per heavy atom. The van der Waals surface area contributed by atoms with E-state index in [1.807, 2.05) is 24.3 Å². The maximum absolute atomic E-state index is 12.3. The lowest BCUT2D eigenvalue weighted by molar-refractivity contribution is 0.0882. The van der Waals surface area contributed by atoms with Gasteiger partial charge in [-0.1, -0.05) is 31.4 Å². The van der Waals surface area contributed by atoms with E-state index in [-0.39, 0.29) is 11.4 Å². The lowest BCUT2D eigenvalue weighted by Gasteiger charge is -2.34. The fourth-order valence-electron chi connectivity index (χ4n) is 2.79. The molecular weight excluding hydrogens is 236 g/mol. The molecule has 1 aliphatic rings. The molecule has 1 fully saturated rings. The van der Waals surface area contributed by atoms with Gasteiger partial charge in [-0.05, 0) is 50.4 Å². The molecule has 0 aliphatic heterocycles. The molecule has 0 heterocycles. The average Bonchev–Trinajstić information content (AvgIpc) is 2.40. The Hall–Kier alpha value is -1.35. The minimum absolute atomic E-state index is 0.0226. The van der Waals surface area contributed by atoms with Crippen LogP contribution in [0.1, 0.15) is 54.9 Å². The topological polar surface area (TPSA) is 55.1 Å². The number of benzene rings is 1. The SMILES string of the molecule is CC1(NC(=O)c2ccc(CCN)cc2)CCCCC1. The quantitative estimate of drug-likeness (QED) is 0.874. The van der Waals surface area contributed by atoms with Crippen molar-refractivity contribution in [3.8, 4) is 0 Å². The van der Waals surface area contributed by atoms with E-state index in [1.54, 1.807) is 0 Å². The molecule has 3 heteroatoms. The van der Waals surface area contributed by atoms with Crippen LogP contribution in [0.2, 0.25) is 0 Å². The summed E-state index contributed by atoms with van der Waals surface area (Å²) in [5.41, 5.74) is 7.42. The Morgan fingerprint density at radius 1 is 1.21 bits per heavy atom. The molecule has 0 saturated heterocycles. The zero-order chi connectivity index (χ0) is 13.7. The van der Waals surface area contributed by atoms with E-state index in [9.17, 15) is 4.79 Å². The van der Waals surface area contributed by atoms with E-state index < -0.39 is 0 Å². The van der Waals surface area contributed by atoms with Gasteiger partial charge in [0.1, 0.15) is 0 Å². The minimum atomic E-state index is -0.0226. The van der Waals surface area contributed by atoms with Crippen molar-refractivity contribution in [3.05, 3.63) is 35.4 Å². The first kappa shape index (κ1) is 14.1. The molecule has 1 aromatic carbocycles. The Bertz CT molecular complexity index is 419. The van der Waals surface area contributed by atoms with Crippen LogP contribution in [-0.2, 0) is 6.42 Å². The highest BCUT2D eigenvalue weighted by Crippen LogP contribution is 2.27. The summed E-state index contributed by atoms with van der Waals surface area (Å²) in [6, 6.07) is 7.77. The van der Waals surface area contributed by atoms with Crippen LogP contribution in [0, 0.1) is 0 Å². The van der Waals surface area contributed by atoms with Crippen LogP contribution in [0.5, 0.6) is 0 Å². The van der Waals surface area contributed by atoms with Gasteiger partial charge in [0, 0.05) is 11.1 Å². The molecule has 1 saturated carbocycles. The zero-order valence-corrected chi connectivity index (χ0v) is 11.7. The predicted octanol–water partition coefficient (Wildman–Crippen LogP) is 2.64. The molecule has 2 rings (SSSR count). The number of nitrogens with two attached hydrogens (primary N) is 1. The lowest BCUT2D eigenvalue weighted by Crippen LogP contribution is -2.47. The number of carbonyl (C=O) groups is 1. The van der Waals surface area contributed by atoms with Crippen molar-refractivity contribution in [1.29, 1.82) is 0 Å². The monoisotopic (exact) mass is 260 g/mol. The number of hydrogen-bond donors (Lipinski definition) is 2. The zero-order valence-electron chi connectivity index (χ0n) is 11.7. The summed E-state index contributed by atoms with van der Waals surface area (Å²) in [5, 5.41) is 3.20. The van der Waals surface area contributed by atoms with Crippen molar-refractivity contribution >= 4 is 5.91 Å². The summed E-state index contributed by atoms with van der Waals surface area (Å²) < 4.78 is 0. The maximum atomic E-state index is 12.3. The van der Waals surface area contributed by atoms with E-state index >= 15 is 0 Å². The highest BCUT2D eigenvalue weighted by Gasteiger charge is 2.28. The van der Waals surface area contributed by atoms with E-state index in [0.29, 0.717) is 6.54 Å². The van der Waals surface area contributed by atoms with Crippen LogP contribution in [0.15, 0.2) is 24.3 Å². The molecule has 19 heavy (non-hydrogen) atoms. The predicted molar refractivity (Wildman–Crippen MR) is 78.2 cm³/mol. The van der Waals surface area contributed by atoms with Crippen LogP contribution < -0.4 is 11.1 Å². The number of amides is 1. The van der Waals surface area contributed by atoms with Crippen molar-refractivity contribution < 1.29 is 4.79 Å². The molecule has 0 atom stereocenters. The molecule has 1 amide bonds. The van der Waals surface area contributed by atoms with Gasteiger partial charge < -0.3 is 11.1 Å². The summed E-state index contributed by atoms with van der Waals surface area (Å²) in [7, 11) is 0. The molecule has 1 aliphatic carbocycles. The summed E-state index contributed by atoms with van der Waals surface area (Å²) in [4.78, 5) is 12.3. The summed E-state index contributed by atoms with van der Waals surface area (Å²) in [6.45, 7) is 2.80. The highest BCUT2D eigenvalue weighted by molar-refractivity contribution is 5.94. The first-order valence-corrected chi connectivity index (χ1v) is 7.24. The van der Waals surface area contributed by atoms with E-state index in [1.165, 1.54) is 24.8 Å². The van der Waals surface area contributed by atoms with Crippen molar-refractivity contribution in [3.63, 3.8) is 0 Å². The maximum Gasteiger partial charge on any atom is 0.251 e. The molecule has 3 nitrogen and oxygen atoms in total. The van der Waals surface area contributed by atoms with Crippen molar-refractivity contribution in [1.82, 2.24) is 5.32 Å². The summed E-state index contributed by atoms with van der Waals surface area (Å²) in [5.74, 6) is 0.0451. The summed E-state index contributed by atoms with van der Waals surface area (Å²) >= 11 is 0. The van der Waals surface area contributed by atoms with Gasteiger partial charge in [0.15, 0.2) is 0 Å². The number of rotatable bonds is 4. The Labute approximate surface area is 115 Å². The van der Waals surface area contributed by atoms with Gasteiger partial charge >= 0.3 is 0 Å². The number of carbonyl (C=O) groups excluding carboxylic acids is 1. The molecule has 0 radical (unpaired) electrons. The van der Waals surface area contributed by atoms with Crippen molar-refractivity contribution in [2.24, 2.45) is 5.73 Å². The molecule has 104 valence electrons. The standard InChI is InChI=1S/C16H24N2O/c1-16(10-3-2-4-11-16)18-15(19)14-7-5-13(6-8-14)9-12-17/h5-8H,2-4,9-12,17H2,1H3,(H,18,19). The van der Waals surface area contributed by atoms with E-state index in [2.05, 4.69) is 12.2 Å². The lowest BCUT2D eigenvalue weighted by atomic mass is 9.83. The summed E-state index contributed by atoms with van der Waals surface area (Å²) in [6.07, 6.45) is 6.76. The van der Waals surface area contributed by atoms with Crippen LogP contribution >= 0.6 is 0 Å².